The van der Waals surface area contributed by atoms with Crippen LogP contribution < -0.4 is 5.56 Å². The monoisotopic (exact) mass is 447 g/mol. The van der Waals surface area contributed by atoms with Gasteiger partial charge in [0.2, 0.25) is 5.13 Å². The Hall–Kier alpha value is -3.07. The third-order valence-electron chi connectivity index (χ3n) is 5.55. The fourth-order valence-corrected chi connectivity index (χ4v) is 4.78. The molecule has 0 atom stereocenters. The molecular formula is C24H25N5O2S. The molecule has 1 N–H and O–H groups in total. The number of hydrogen-bond donors (Lipinski definition) is 1. The number of nitrogens with one attached hydrogen (secondary N) is 1. The van der Waals surface area contributed by atoms with Gasteiger partial charge in [0.1, 0.15) is 0 Å². The lowest BCUT2D eigenvalue weighted by Gasteiger charge is -2.26. The fraction of sp³-hybridized carbons (Fsp3) is 0.292. The van der Waals surface area contributed by atoms with Crippen LogP contribution in [0.2, 0.25) is 0 Å². The quantitative estimate of drug-likeness (QED) is 0.347. The van der Waals surface area contributed by atoms with E-state index in [2.05, 4.69) is 20.0 Å². The zero-order valence-corrected chi connectivity index (χ0v) is 18.6. The summed E-state index contributed by atoms with van der Waals surface area (Å²) in [5, 5.41) is 3.90. The zero-order valence-electron chi connectivity index (χ0n) is 17.7. The number of ether oxygens (including phenoxy) is 1. The minimum absolute atomic E-state index is 0.139. The van der Waals surface area contributed by atoms with E-state index in [-0.39, 0.29) is 5.56 Å². The molecule has 164 valence electrons. The van der Waals surface area contributed by atoms with Crippen LogP contribution in [0.15, 0.2) is 64.4 Å². The molecule has 0 saturated carbocycles. The molecule has 0 aliphatic carbocycles. The number of thiazole rings is 1. The minimum atomic E-state index is -0.139. The van der Waals surface area contributed by atoms with E-state index in [1.165, 1.54) is 16.0 Å². The summed E-state index contributed by atoms with van der Waals surface area (Å²) in [5.41, 5.74) is 3.00. The van der Waals surface area contributed by atoms with Crippen molar-refractivity contribution in [2.75, 3.05) is 39.4 Å². The maximum atomic E-state index is 13.3. The van der Waals surface area contributed by atoms with Gasteiger partial charge < -0.3 is 4.74 Å². The predicted molar refractivity (Wildman–Crippen MR) is 129 cm³/mol. The lowest BCUT2D eigenvalue weighted by Crippen LogP contribution is -2.37. The van der Waals surface area contributed by atoms with Crippen molar-refractivity contribution in [1.29, 1.82) is 0 Å². The average Bonchev–Trinajstić information content (AvgIpc) is 3.41. The molecule has 1 fully saturated rings. The number of rotatable bonds is 7. The first-order valence-corrected chi connectivity index (χ1v) is 11.7. The largest absolute Gasteiger partial charge is 0.379 e. The van der Waals surface area contributed by atoms with E-state index in [1.54, 1.807) is 6.21 Å². The molecule has 0 amide bonds. The van der Waals surface area contributed by atoms with Crippen molar-refractivity contribution in [1.82, 2.24) is 19.7 Å². The standard InChI is InChI=1S/C24H25N5O2S/c30-23-19(17-25-11-6-12-28-13-15-31-16-14-28)22(18-7-2-1-3-8-18)27-29(23)24-26-20-9-4-5-10-21(20)32-24/h1-5,7-10,17,27H,6,11-16H2. The topological polar surface area (TPSA) is 75.5 Å². The van der Waals surface area contributed by atoms with Crippen molar-refractivity contribution >= 4 is 27.8 Å². The number of fused-ring (bicyclic) bond motifs is 1. The summed E-state index contributed by atoms with van der Waals surface area (Å²) >= 11 is 1.49. The second-order valence-electron chi connectivity index (χ2n) is 7.71. The molecule has 2 aromatic carbocycles. The van der Waals surface area contributed by atoms with Gasteiger partial charge >= 0.3 is 0 Å². The Morgan fingerprint density at radius 2 is 1.88 bits per heavy atom. The fourth-order valence-electron chi connectivity index (χ4n) is 3.85. The Kier molecular flexibility index (Phi) is 6.24. The summed E-state index contributed by atoms with van der Waals surface area (Å²) in [6, 6.07) is 17.8. The van der Waals surface area contributed by atoms with Gasteiger partial charge in [-0.15, -0.1) is 0 Å². The van der Waals surface area contributed by atoms with Crippen LogP contribution in [-0.2, 0) is 4.74 Å². The maximum Gasteiger partial charge on any atom is 0.282 e. The molecule has 1 aliphatic heterocycles. The van der Waals surface area contributed by atoms with Crippen molar-refractivity contribution in [2.24, 2.45) is 4.99 Å². The number of aromatic amines is 1. The first kappa shape index (κ1) is 20.8. The number of para-hydroxylation sites is 1. The van der Waals surface area contributed by atoms with Crippen LogP contribution in [0.3, 0.4) is 0 Å². The van der Waals surface area contributed by atoms with Crippen molar-refractivity contribution in [3.05, 3.63) is 70.5 Å². The van der Waals surface area contributed by atoms with Crippen LogP contribution in [0.4, 0.5) is 0 Å². The molecule has 0 radical (unpaired) electrons. The second-order valence-corrected chi connectivity index (χ2v) is 8.72. The van der Waals surface area contributed by atoms with Crippen LogP contribution in [0, 0.1) is 0 Å². The zero-order chi connectivity index (χ0) is 21.8. The smallest absolute Gasteiger partial charge is 0.282 e. The molecule has 4 aromatic rings. The van der Waals surface area contributed by atoms with Crippen LogP contribution in [0.1, 0.15) is 12.0 Å². The summed E-state index contributed by atoms with van der Waals surface area (Å²) in [7, 11) is 0. The first-order chi connectivity index (χ1) is 15.8. The van der Waals surface area contributed by atoms with Crippen LogP contribution in [0.5, 0.6) is 0 Å². The molecule has 0 bridgehead atoms. The highest BCUT2D eigenvalue weighted by Crippen LogP contribution is 2.25. The third-order valence-corrected chi connectivity index (χ3v) is 6.57. The van der Waals surface area contributed by atoms with Crippen molar-refractivity contribution in [3.63, 3.8) is 0 Å². The van der Waals surface area contributed by atoms with Crippen molar-refractivity contribution in [2.45, 2.75) is 6.42 Å². The Labute approximate surface area is 190 Å². The van der Waals surface area contributed by atoms with Crippen molar-refractivity contribution < 1.29 is 4.74 Å². The molecule has 1 aliphatic rings. The maximum absolute atomic E-state index is 13.3. The van der Waals surface area contributed by atoms with Gasteiger partial charge in [-0.25, -0.2) is 4.98 Å². The number of aromatic nitrogens is 3. The first-order valence-electron chi connectivity index (χ1n) is 10.9. The molecule has 0 spiro atoms. The van der Waals surface area contributed by atoms with Gasteiger partial charge in [0, 0.05) is 38.0 Å². The third kappa shape index (κ3) is 4.43. The number of aliphatic imine (C=N–C) groups is 1. The Morgan fingerprint density at radius 3 is 2.69 bits per heavy atom. The number of H-pyrrole nitrogens is 1. The van der Waals surface area contributed by atoms with E-state index in [4.69, 9.17) is 4.74 Å². The predicted octanol–water partition coefficient (Wildman–Crippen LogP) is 3.58. The molecule has 1 saturated heterocycles. The number of nitrogens with zero attached hydrogens (tertiary/aromatic N) is 4. The molecule has 0 unspecified atom stereocenters. The highest BCUT2D eigenvalue weighted by Gasteiger charge is 2.17. The lowest BCUT2D eigenvalue weighted by molar-refractivity contribution is 0.0377. The van der Waals surface area contributed by atoms with E-state index < -0.39 is 0 Å². The minimum Gasteiger partial charge on any atom is -0.379 e. The van der Waals surface area contributed by atoms with E-state index in [0.717, 1.165) is 60.7 Å². The molecule has 3 heterocycles. The molecular weight excluding hydrogens is 422 g/mol. The molecule has 7 nitrogen and oxygen atoms in total. The van der Waals surface area contributed by atoms with E-state index in [1.807, 2.05) is 54.6 Å². The Morgan fingerprint density at radius 1 is 1.09 bits per heavy atom. The van der Waals surface area contributed by atoms with Gasteiger partial charge in [0.25, 0.3) is 5.56 Å². The van der Waals surface area contributed by atoms with Gasteiger partial charge in [-0.3, -0.25) is 19.8 Å². The summed E-state index contributed by atoms with van der Waals surface area (Å²) < 4.78 is 7.97. The lowest BCUT2D eigenvalue weighted by atomic mass is 10.1. The molecule has 2 aromatic heterocycles. The summed E-state index contributed by atoms with van der Waals surface area (Å²) in [6.07, 6.45) is 2.66. The number of hydrogen-bond acceptors (Lipinski definition) is 6. The second kappa shape index (κ2) is 9.60. The highest BCUT2D eigenvalue weighted by atomic mass is 32.1. The van der Waals surface area contributed by atoms with Crippen molar-refractivity contribution in [3.8, 4) is 16.4 Å². The summed E-state index contributed by atoms with van der Waals surface area (Å²) in [4.78, 5) is 25.0. The van der Waals surface area contributed by atoms with Crippen LogP contribution >= 0.6 is 11.3 Å². The summed E-state index contributed by atoms with van der Waals surface area (Å²) in [5.74, 6) is 0. The Balaban J connectivity index is 1.42. The molecule has 8 heteroatoms. The average molecular weight is 448 g/mol. The van der Waals surface area contributed by atoms with Gasteiger partial charge in [-0.1, -0.05) is 53.8 Å². The van der Waals surface area contributed by atoms with Gasteiger partial charge in [0.15, 0.2) is 0 Å². The SMILES string of the molecule is O=c1c(C=NCCCN2CCOCC2)c(-c2ccccc2)[nH]n1-c1nc2ccccc2s1. The van der Waals surface area contributed by atoms with E-state index >= 15 is 0 Å². The number of morpholine rings is 1. The van der Waals surface area contributed by atoms with Gasteiger partial charge in [-0.2, -0.15) is 4.68 Å². The van der Waals surface area contributed by atoms with Crippen LogP contribution in [-0.4, -0.2) is 65.3 Å². The molecule has 32 heavy (non-hydrogen) atoms. The summed E-state index contributed by atoms with van der Waals surface area (Å²) in [6.45, 7) is 5.24. The van der Waals surface area contributed by atoms with Crippen LogP contribution in [0.25, 0.3) is 26.6 Å². The Bertz CT molecular complexity index is 1240. The highest BCUT2D eigenvalue weighted by molar-refractivity contribution is 7.20. The van der Waals surface area contributed by atoms with E-state index in [0.29, 0.717) is 17.2 Å². The van der Waals surface area contributed by atoms with Gasteiger partial charge in [-0.05, 0) is 18.6 Å². The number of benzene rings is 2. The molecule has 5 rings (SSSR count). The normalized spacial score (nSPS) is 15.1. The van der Waals surface area contributed by atoms with Gasteiger partial charge in [0.05, 0.1) is 34.7 Å². The van der Waals surface area contributed by atoms with E-state index in [9.17, 15) is 4.79 Å².